The Bertz CT molecular complexity index is 876. The summed E-state index contributed by atoms with van der Waals surface area (Å²) in [5, 5.41) is 10.2. The largest absolute Gasteiger partial charge is 0.468 e. The van der Waals surface area contributed by atoms with Crippen LogP contribution in [-0.4, -0.2) is 44.0 Å². The van der Waals surface area contributed by atoms with Crippen LogP contribution in [0.1, 0.15) is 36.8 Å². The molecule has 0 amide bonds. The summed E-state index contributed by atoms with van der Waals surface area (Å²) in [6, 6.07) is 8.69. The van der Waals surface area contributed by atoms with Gasteiger partial charge in [-0.15, -0.1) is 0 Å². The number of carbonyl (C=O) groups is 4. The number of esters is 3. The van der Waals surface area contributed by atoms with Crippen LogP contribution in [0.4, 0.5) is 0 Å². The van der Waals surface area contributed by atoms with Crippen LogP contribution >= 0.6 is 0 Å². The third-order valence-electron chi connectivity index (χ3n) is 5.70. The van der Waals surface area contributed by atoms with Gasteiger partial charge in [0.1, 0.15) is 11.8 Å². The van der Waals surface area contributed by atoms with Crippen LogP contribution < -0.4 is 0 Å². The van der Waals surface area contributed by atoms with E-state index in [4.69, 9.17) is 14.2 Å². The second-order valence-corrected chi connectivity index (χ2v) is 7.42. The minimum absolute atomic E-state index is 0.481. The van der Waals surface area contributed by atoms with Crippen LogP contribution in [0.15, 0.2) is 24.3 Å². The number of ether oxygens (including phenoxy) is 3. The average Bonchev–Trinajstić information content (AvgIpc) is 2.92. The van der Waals surface area contributed by atoms with Gasteiger partial charge in [0.05, 0.1) is 26.4 Å². The normalized spacial score (nSPS) is 29.6. The number of methoxy groups -OCH3 is 2. The first kappa shape index (κ1) is 20.5. The molecular weight excluding hydrogens is 378 g/mol. The lowest BCUT2D eigenvalue weighted by molar-refractivity contribution is -0.171. The number of ketones is 1. The van der Waals surface area contributed by atoms with E-state index in [-0.39, 0.29) is 0 Å². The van der Waals surface area contributed by atoms with Gasteiger partial charge in [0.15, 0.2) is 11.2 Å². The van der Waals surface area contributed by atoms with E-state index in [1.807, 2.05) is 6.07 Å². The van der Waals surface area contributed by atoms with E-state index in [2.05, 4.69) is 0 Å². The summed E-state index contributed by atoms with van der Waals surface area (Å²) in [7, 11) is 2.21. The lowest BCUT2D eigenvalue weighted by atomic mass is 9.56. The van der Waals surface area contributed by atoms with Gasteiger partial charge in [-0.1, -0.05) is 24.3 Å². The molecule has 8 heteroatoms. The number of benzene rings is 1. The van der Waals surface area contributed by atoms with E-state index in [0.717, 1.165) is 14.2 Å². The smallest absolute Gasteiger partial charge is 0.328 e. The molecule has 2 bridgehead atoms. The van der Waals surface area contributed by atoms with Crippen molar-refractivity contribution in [2.75, 3.05) is 14.2 Å². The van der Waals surface area contributed by atoms with Gasteiger partial charge >= 0.3 is 17.9 Å². The maximum absolute atomic E-state index is 13.3. The SMILES string of the molecule is COC(=O)[C@H]1C(=O)[C@H](C(=O)OC)[C@@H]2c3ccccc3[C@H]1C2(C#N)C(=O)OC(C)C. The van der Waals surface area contributed by atoms with Crippen LogP contribution in [0.3, 0.4) is 0 Å². The highest BCUT2D eigenvalue weighted by atomic mass is 16.5. The number of nitriles is 1. The monoisotopic (exact) mass is 399 g/mol. The number of rotatable bonds is 4. The van der Waals surface area contributed by atoms with Gasteiger partial charge in [0.25, 0.3) is 0 Å². The Balaban J connectivity index is 2.37. The Morgan fingerprint density at radius 2 is 1.45 bits per heavy atom. The van der Waals surface area contributed by atoms with E-state index in [0.29, 0.717) is 11.1 Å². The number of Topliss-reactive ketones (excluding diaryl/α,β-unsaturated/α-hetero) is 1. The molecule has 8 nitrogen and oxygen atoms in total. The Kier molecular flexibility index (Phi) is 5.18. The molecule has 152 valence electrons. The molecular formula is C21H21NO7. The third kappa shape index (κ3) is 2.72. The summed E-state index contributed by atoms with van der Waals surface area (Å²) in [6.07, 6.45) is -0.541. The predicted molar refractivity (Wildman–Crippen MR) is 97.2 cm³/mol. The standard InChI is InChI=1S/C21H21NO7/c1-10(2)29-20(26)21(9-22)15-11-7-5-6-8-12(11)16(21)14(19(25)28-4)17(23)13(15)18(24)27-3/h5-8,10,13-16H,1-4H3/t13-,14-,15-,16+,21?/m1/s1. The summed E-state index contributed by atoms with van der Waals surface area (Å²) in [5.41, 5.74) is -0.982. The first-order valence-electron chi connectivity index (χ1n) is 9.16. The van der Waals surface area contributed by atoms with Gasteiger partial charge in [-0.05, 0) is 25.0 Å². The van der Waals surface area contributed by atoms with Gasteiger partial charge in [-0.25, -0.2) is 0 Å². The van der Waals surface area contributed by atoms with Gasteiger partial charge in [0.2, 0.25) is 0 Å². The van der Waals surface area contributed by atoms with Crippen molar-refractivity contribution in [3.63, 3.8) is 0 Å². The van der Waals surface area contributed by atoms with Crippen LogP contribution in [0.2, 0.25) is 0 Å². The number of carbonyl (C=O) groups excluding carboxylic acids is 4. The Labute approximate surface area is 167 Å². The molecule has 0 N–H and O–H groups in total. The number of nitrogens with zero attached hydrogens (tertiary/aromatic N) is 1. The molecule has 5 atom stereocenters. The maximum Gasteiger partial charge on any atom is 0.328 e. The first-order valence-corrected chi connectivity index (χ1v) is 9.16. The zero-order chi connectivity index (χ0) is 21.5. The lowest BCUT2D eigenvalue weighted by Crippen LogP contribution is -2.56. The number of fused-ring (bicyclic) bond motifs is 5. The van der Waals surface area contributed by atoms with Crippen molar-refractivity contribution in [1.82, 2.24) is 0 Å². The van der Waals surface area contributed by atoms with E-state index in [1.54, 1.807) is 38.1 Å². The molecule has 1 unspecified atom stereocenters. The van der Waals surface area contributed by atoms with E-state index in [1.165, 1.54) is 0 Å². The zero-order valence-corrected chi connectivity index (χ0v) is 16.5. The molecule has 3 rings (SSSR count). The van der Waals surface area contributed by atoms with Crippen molar-refractivity contribution >= 4 is 23.7 Å². The van der Waals surface area contributed by atoms with Crippen molar-refractivity contribution in [1.29, 1.82) is 5.26 Å². The molecule has 1 fully saturated rings. The van der Waals surface area contributed by atoms with Crippen molar-refractivity contribution in [2.45, 2.75) is 31.8 Å². The van der Waals surface area contributed by atoms with Gasteiger partial charge < -0.3 is 14.2 Å². The fourth-order valence-corrected chi connectivity index (χ4v) is 4.68. The van der Waals surface area contributed by atoms with Crippen molar-refractivity contribution in [3.8, 4) is 6.07 Å². The molecule has 2 aliphatic rings. The minimum atomic E-state index is -1.94. The van der Waals surface area contributed by atoms with Crippen molar-refractivity contribution in [2.24, 2.45) is 17.3 Å². The van der Waals surface area contributed by atoms with E-state index < -0.39 is 58.9 Å². The topological polar surface area (TPSA) is 120 Å². The zero-order valence-electron chi connectivity index (χ0n) is 16.5. The summed E-state index contributed by atoms with van der Waals surface area (Å²) in [5.74, 6) is -8.70. The molecule has 1 aromatic carbocycles. The summed E-state index contributed by atoms with van der Waals surface area (Å²) in [6.45, 7) is 3.25. The molecule has 0 radical (unpaired) electrons. The third-order valence-corrected chi connectivity index (χ3v) is 5.70. The quantitative estimate of drug-likeness (QED) is 0.424. The number of hydrogen-bond donors (Lipinski definition) is 0. The van der Waals surface area contributed by atoms with E-state index in [9.17, 15) is 24.4 Å². The van der Waals surface area contributed by atoms with E-state index >= 15 is 0 Å². The Morgan fingerprint density at radius 1 is 1.00 bits per heavy atom. The van der Waals surface area contributed by atoms with Gasteiger partial charge in [0, 0.05) is 11.8 Å². The van der Waals surface area contributed by atoms with Crippen LogP contribution in [-0.2, 0) is 33.4 Å². The second kappa shape index (κ2) is 7.32. The van der Waals surface area contributed by atoms with Crippen molar-refractivity contribution < 1.29 is 33.4 Å². The molecule has 1 saturated carbocycles. The Morgan fingerprint density at radius 3 is 1.79 bits per heavy atom. The average molecular weight is 399 g/mol. The van der Waals surface area contributed by atoms with Crippen LogP contribution in [0.25, 0.3) is 0 Å². The fourth-order valence-electron chi connectivity index (χ4n) is 4.68. The molecule has 0 spiro atoms. The molecule has 0 aliphatic heterocycles. The van der Waals surface area contributed by atoms with Crippen LogP contribution in [0.5, 0.6) is 0 Å². The predicted octanol–water partition coefficient (Wildman–Crippen LogP) is 1.49. The van der Waals surface area contributed by atoms with Gasteiger partial charge in [-0.3, -0.25) is 19.2 Å². The molecule has 0 aromatic heterocycles. The molecule has 0 saturated heterocycles. The van der Waals surface area contributed by atoms with Crippen LogP contribution in [0, 0.1) is 28.6 Å². The Hall–Kier alpha value is -3.21. The highest BCUT2D eigenvalue weighted by Crippen LogP contribution is 2.65. The summed E-state index contributed by atoms with van der Waals surface area (Å²) < 4.78 is 15.0. The minimum Gasteiger partial charge on any atom is -0.468 e. The first-order chi connectivity index (χ1) is 13.8. The molecule has 1 aromatic rings. The molecule has 0 heterocycles. The summed E-state index contributed by atoms with van der Waals surface area (Å²) >= 11 is 0. The molecule has 2 aliphatic carbocycles. The highest BCUT2D eigenvalue weighted by Gasteiger charge is 2.72. The maximum atomic E-state index is 13.3. The second-order valence-electron chi connectivity index (χ2n) is 7.42. The fraction of sp³-hybridized carbons (Fsp3) is 0.476. The highest BCUT2D eigenvalue weighted by molar-refractivity contribution is 6.13. The van der Waals surface area contributed by atoms with Crippen molar-refractivity contribution in [3.05, 3.63) is 35.4 Å². The van der Waals surface area contributed by atoms with Gasteiger partial charge in [-0.2, -0.15) is 5.26 Å². The lowest BCUT2D eigenvalue weighted by Gasteiger charge is -2.42. The molecule has 29 heavy (non-hydrogen) atoms. The number of hydrogen-bond acceptors (Lipinski definition) is 8. The summed E-state index contributed by atoms with van der Waals surface area (Å²) in [4.78, 5) is 51.7.